The summed E-state index contributed by atoms with van der Waals surface area (Å²) in [6.07, 6.45) is 0. The Labute approximate surface area is 103 Å². The van der Waals surface area contributed by atoms with Crippen LogP contribution in [0.25, 0.3) is 11.1 Å². The fourth-order valence-corrected chi connectivity index (χ4v) is 2.21. The molecule has 0 radical (unpaired) electrons. The quantitative estimate of drug-likeness (QED) is 0.542. The molecule has 0 aliphatic heterocycles. The van der Waals surface area contributed by atoms with Gasteiger partial charge in [-0.1, -0.05) is 0 Å². The van der Waals surface area contributed by atoms with E-state index in [1.54, 1.807) is 36.4 Å². The first kappa shape index (κ1) is 10.5. The number of ketones is 2. The Hall–Kier alpha value is -2.62. The zero-order chi connectivity index (χ0) is 12.9. The van der Waals surface area contributed by atoms with Crippen LogP contribution < -0.4 is 11.5 Å². The first-order chi connectivity index (χ1) is 8.58. The van der Waals surface area contributed by atoms with Crippen LogP contribution in [-0.4, -0.2) is 11.6 Å². The zero-order valence-electron chi connectivity index (χ0n) is 9.44. The molecule has 4 N–H and O–H groups in total. The van der Waals surface area contributed by atoms with E-state index < -0.39 is 11.6 Å². The molecule has 4 nitrogen and oxygen atoms in total. The minimum atomic E-state index is -0.498. The summed E-state index contributed by atoms with van der Waals surface area (Å²) in [7, 11) is 0. The summed E-state index contributed by atoms with van der Waals surface area (Å²) in [6.45, 7) is 0. The van der Waals surface area contributed by atoms with Gasteiger partial charge in [-0.05, 0) is 47.5 Å². The summed E-state index contributed by atoms with van der Waals surface area (Å²) in [5.74, 6) is -0.996. The number of fused-ring (bicyclic) bond motifs is 3. The van der Waals surface area contributed by atoms with Gasteiger partial charge < -0.3 is 11.5 Å². The molecule has 2 aromatic carbocycles. The maximum atomic E-state index is 12.0. The molecule has 0 atom stereocenters. The summed E-state index contributed by atoms with van der Waals surface area (Å²) in [5.41, 5.74) is 14.7. The molecule has 0 bridgehead atoms. The Kier molecular flexibility index (Phi) is 2.01. The van der Waals surface area contributed by atoms with Crippen molar-refractivity contribution in [3.8, 4) is 11.1 Å². The van der Waals surface area contributed by atoms with Gasteiger partial charge in [-0.15, -0.1) is 0 Å². The van der Waals surface area contributed by atoms with E-state index in [1.165, 1.54) is 0 Å². The molecule has 88 valence electrons. The van der Waals surface area contributed by atoms with Crippen LogP contribution in [0.2, 0.25) is 0 Å². The standard InChI is InChI=1S/C14H10N2O2/c15-7-1-3-9-11(5-7)12-6-8(16)2-4-10(12)14(18)13(9)17/h1-6H,15-16H2. The highest BCUT2D eigenvalue weighted by Gasteiger charge is 2.30. The van der Waals surface area contributed by atoms with Crippen LogP contribution in [0.3, 0.4) is 0 Å². The Morgan fingerprint density at radius 3 is 1.39 bits per heavy atom. The number of nitrogens with two attached hydrogens (primary N) is 2. The number of Topliss-reactive ketones (excluding diaryl/α,β-unsaturated/α-hetero) is 2. The van der Waals surface area contributed by atoms with Gasteiger partial charge in [0.2, 0.25) is 11.6 Å². The number of hydrogen-bond acceptors (Lipinski definition) is 4. The topological polar surface area (TPSA) is 86.2 Å². The van der Waals surface area contributed by atoms with Crippen LogP contribution in [0.4, 0.5) is 11.4 Å². The van der Waals surface area contributed by atoms with E-state index in [-0.39, 0.29) is 0 Å². The number of nitrogen functional groups attached to an aromatic ring is 2. The average molecular weight is 238 g/mol. The lowest BCUT2D eigenvalue weighted by molar-refractivity contribution is 0.0815. The van der Waals surface area contributed by atoms with Gasteiger partial charge >= 0.3 is 0 Å². The van der Waals surface area contributed by atoms with Gasteiger partial charge in [0.15, 0.2) is 0 Å². The van der Waals surface area contributed by atoms with Crippen LogP contribution in [-0.2, 0) is 0 Å². The van der Waals surface area contributed by atoms with Crippen molar-refractivity contribution in [3.63, 3.8) is 0 Å². The Morgan fingerprint density at radius 2 is 1.00 bits per heavy atom. The molecular weight excluding hydrogens is 228 g/mol. The summed E-state index contributed by atoms with van der Waals surface area (Å²) >= 11 is 0. The van der Waals surface area contributed by atoms with E-state index in [2.05, 4.69) is 0 Å². The normalized spacial score (nSPS) is 13.1. The second kappa shape index (κ2) is 3.43. The smallest absolute Gasteiger partial charge is 0.234 e. The first-order valence-corrected chi connectivity index (χ1v) is 5.46. The predicted octanol–water partition coefficient (Wildman–Crippen LogP) is 1.90. The summed E-state index contributed by atoms with van der Waals surface area (Å²) in [6, 6.07) is 9.77. The molecule has 0 aromatic heterocycles. The third kappa shape index (κ3) is 1.32. The van der Waals surface area contributed by atoms with Gasteiger partial charge in [-0.3, -0.25) is 9.59 Å². The SMILES string of the molecule is Nc1ccc2c(c1)-c1cc(N)ccc1C(=O)C2=O. The maximum absolute atomic E-state index is 12.0. The highest BCUT2D eigenvalue weighted by molar-refractivity contribution is 6.53. The van der Waals surface area contributed by atoms with Crippen LogP contribution in [0, 0.1) is 0 Å². The lowest BCUT2D eigenvalue weighted by Crippen LogP contribution is -2.21. The number of hydrogen-bond donors (Lipinski definition) is 2. The van der Waals surface area contributed by atoms with E-state index in [0.717, 1.165) is 0 Å². The molecule has 1 aliphatic carbocycles. The van der Waals surface area contributed by atoms with E-state index in [0.29, 0.717) is 33.6 Å². The van der Waals surface area contributed by atoms with Crippen molar-refractivity contribution in [2.75, 3.05) is 11.5 Å². The Balaban J connectivity index is 2.40. The molecule has 0 saturated heterocycles. The lowest BCUT2D eigenvalue weighted by Gasteiger charge is -2.18. The van der Waals surface area contributed by atoms with Crippen LogP contribution >= 0.6 is 0 Å². The fraction of sp³-hybridized carbons (Fsp3) is 0. The van der Waals surface area contributed by atoms with Crippen molar-refractivity contribution < 1.29 is 9.59 Å². The molecule has 1 aliphatic rings. The molecule has 3 rings (SSSR count). The van der Waals surface area contributed by atoms with E-state index in [9.17, 15) is 9.59 Å². The number of carbonyl (C=O) groups is 2. The third-order valence-corrected chi connectivity index (χ3v) is 3.07. The highest BCUT2D eigenvalue weighted by atomic mass is 16.2. The monoisotopic (exact) mass is 238 g/mol. The summed E-state index contributed by atoms with van der Waals surface area (Å²) in [4.78, 5) is 23.9. The largest absolute Gasteiger partial charge is 0.399 e. The second-order valence-corrected chi connectivity index (χ2v) is 4.27. The summed E-state index contributed by atoms with van der Waals surface area (Å²) in [5, 5.41) is 0. The van der Waals surface area contributed by atoms with Crippen molar-refractivity contribution in [3.05, 3.63) is 47.5 Å². The zero-order valence-corrected chi connectivity index (χ0v) is 9.44. The molecule has 2 aromatic rings. The molecule has 0 unspecified atom stereocenters. The van der Waals surface area contributed by atoms with Crippen LogP contribution in [0.1, 0.15) is 20.7 Å². The van der Waals surface area contributed by atoms with Gasteiger partial charge in [0, 0.05) is 22.5 Å². The lowest BCUT2D eigenvalue weighted by atomic mass is 9.83. The van der Waals surface area contributed by atoms with Gasteiger partial charge in [0.25, 0.3) is 0 Å². The van der Waals surface area contributed by atoms with E-state index in [4.69, 9.17) is 11.5 Å². The van der Waals surface area contributed by atoms with Crippen molar-refractivity contribution in [2.24, 2.45) is 0 Å². The minimum absolute atomic E-state index is 0.382. The number of anilines is 2. The third-order valence-electron chi connectivity index (χ3n) is 3.07. The predicted molar refractivity (Wildman–Crippen MR) is 69.4 cm³/mol. The van der Waals surface area contributed by atoms with Crippen LogP contribution in [0.15, 0.2) is 36.4 Å². The fourth-order valence-electron chi connectivity index (χ4n) is 2.21. The van der Waals surface area contributed by atoms with Crippen molar-refractivity contribution in [1.82, 2.24) is 0 Å². The first-order valence-electron chi connectivity index (χ1n) is 5.46. The van der Waals surface area contributed by atoms with E-state index in [1.807, 2.05) is 0 Å². The molecule has 0 fully saturated rings. The molecular formula is C14H10N2O2. The van der Waals surface area contributed by atoms with Crippen LogP contribution in [0.5, 0.6) is 0 Å². The van der Waals surface area contributed by atoms with Crippen molar-refractivity contribution in [2.45, 2.75) is 0 Å². The Morgan fingerprint density at radius 1 is 0.611 bits per heavy atom. The average Bonchev–Trinajstić information content (AvgIpc) is 2.36. The molecule has 0 heterocycles. The molecule has 4 heteroatoms. The molecule has 18 heavy (non-hydrogen) atoms. The highest BCUT2D eigenvalue weighted by Crippen LogP contribution is 2.35. The van der Waals surface area contributed by atoms with Crippen molar-refractivity contribution >= 4 is 22.9 Å². The van der Waals surface area contributed by atoms with Gasteiger partial charge in [-0.25, -0.2) is 0 Å². The van der Waals surface area contributed by atoms with Crippen molar-refractivity contribution in [1.29, 1.82) is 0 Å². The molecule has 0 saturated carbocycles. The Bertz CT molecular complexity index is 643. The van der Waals surface area contributed by atoms with Gasteiger partial charge in [0.1, 0.15) is 0 Å². The number of rotatable bonds is 0. The summed E-state index contributed by atoms with van der Waals surface area (Å²) < 4.78 is 0. The minimum Gasteiger partial charge on any atom is -0.399 e. The second-order valence-electron chi connectivity index (χ2n) is 4.27. The maximum Gasteiger partial charge on any atom is 0.234 e. The number of benzene rings is 2. The molecule has 0 amide bonds. The number of carbonyl (C=O) groups excluding carboxylic acids is 2. The van der Waals surface area contributed by atoms with E-state index >= 15 is 0 Å². The molecule has 0 spiro atoms. The van der Waals surface area contributed by atoms with Gasteiger partial charge in [0.05, 0.1) is 0 Å². The van der Waals surface area contributed by atoms with Gasteiger partial charge in [-0.2, -0.15) is 0 Å².